The van der Waals surface area contributed by atoms with Crippen LogP contribution in [0.1, 0.15) is 99.3 Å². The van der Waals surface area contributed by atoms with Crippen molar-refractivity contribution in [3.8, 4) is 0 Å². The van der Waals surface area contributed by atoms with E-state index in [1.54, 1.807) is 0 Å². The summed E-state index contributed by atoms with van der Waals surface area (Å²) in [6.07, 6.45) is 7.40. The topological polar surface area (TPSA) is 147 Å². The summed E-state index contributed by atoms with van der Waals surface area (Å²) in [5.74, 6) is -2.03. The molecule has 0 spiro atoms. The highest BCUT2D eigenvalue weighted by Gasteiger charge is 2.04. The van der Waals surface area contributed by atoms with Gasteiger partial charge in [0.05, 0.1) is 13.2 Å². The molecule has 0 rings (SSSR count). The van der Waals surface area contributed by atoms with Crippen molar-refractivity contribution in [3.63, 3.8) is 0 Å². The third kappa shape index (κ3) is 52.4. The summed E-state index contributed by atoms with van der Waals surface area (Å²) in [5.41, 5.74) is 0. The van der Waals surface area contributed by atoms with Gasteiger partial charge in [0.2, 0.25) is 0 Å². The maximum Gasteiger partial charge on any atom is 0.305 e. The molecule has 0 amide bonds. The van der Waals surface area contributed by atoms with Gasteiger partial charge in [-0.15, -0.1) is 0 Å². The molecule has 0 aromatic carbocycles. The number of aliphatic hydroxyl groups excluding tert-OH is 1. The number of aliphatic hydroxyl groups is 1. The molecule has 0 heterocycles. The molecule has 0 fully saturated rings. The Bertz CT molecular complexity index is 394. The van der Waals surface area contributed by atoms with Crippen molar-refractivity contribution in [2.24, 2.45) is 0 Å². The Morgan fingerprint density at radius 3 is 1.68 bits per heavy atom. The zero-order chi connectivity index (χ0) is 22.8. The Kier molecular flexibility index (Phi) is 44.8. The molecule has 188 valence electrons. The van der Waals surface area contributed by atoms with E-state index in [0.717, 1.165) is 32.1 Å². The quantitative estimate of drug-likeness (QED) is 0.175. The van der Waals surface area contributed by atoms with Crippen LogP contribution in [-0.4, -0.2) is 59.5 Å². The van der Waals surface area contributed by atoms with Gasteiger partial charge in [-0.25, -0.2) is 0 Å². The lowest BCUT2D eigenvalue weighted by molar-refractivity contribution is -0.144. The molecule has 0 atom stereocenters. The summed E-state index contributed by atoms with van der Waals surface area (Å²) >= 11 is 0. The van der Waals surface area contributed by atoms with Crippen molar-refractivity contribution in [3.05, 3.63) is 0 Å². The fraction of sp³-hybridized carbons (Fsp3) is 0.818. The van der Waals surface area contributed by atoms with Gasteiger partial charge in [0, 0.05) is 25.9 Å². The molecule has 0 unspecified atom stereocenters. The van der Waals surface area contributed by atoms with Crippen LogP contribution in [0.4, 0.5) is 0 Å². The van der Waals surface area contributed by atoms with Crippen molar-refractivity contribution < 1.29 is 44.0 Å². The van der Waals surface area contributed by atoms with Gasteiger partial charge in [-0.05, 0) is 25.7 Å². The van der Waals surface area contributed by atoms with Crippen LogP contribution < -0.4 is 0 Å². The number of hydrogen-bond acceptors (Lipinski definition) is 7. The highest BCUT2D eigenvalue weighted by molar-refractivity contribution is 5.71. The Morgan fingerprint density at radius 2 is 1.26 bits per heavy atom. The monoisotopic (exact) mass is 454 g/mol. The minimum Gasteiger partial charge on any atom is -0.481 e. The fourth-order valence-corrected chi connectivity index (χ4v) is 1.71. The highest BCUT2D eigenvalue weighted by atomic mass is 16.5. The zero-order valence-corrected chi connectivity index (χ0v) is 17.8. The number of ether oxygens (including phenoxy) is 2. The van der Waals surface area contributed by atoms with Crippen LogP contribution in [0.15, 0.2) is 0 Å². The molecule has 0 aromatic rings. The number of unbranched alkanes of at least 4 members (excludes halogenated alkanes) is 4. The predicted molar refractivity (Wildman–Crippen MR) is 121 cm³/mol. The van der Waals surface area contributed by atoms with Gasteiger partial charge in [0.25, 0.3) is 6.47 Å². The van der Waals surface area contributed by atoms with E-state index in [-0.39, 0.29) is 46.7 Å². The van der Waals surface area contributed by atoms with E-state index in [4.69, 9.17) is 20.1 Å². The number of aliphatic carboxylic acids is 2. The third-order valence-corrected chi connectivity index (χ3v) is 3.27. The normalized spacial score (nSPS) is 8.61. The van der Waals surface area contributed by atoms with Gasteiger partial charge < -0.3 is 24.8 Å². The lowest BCUT2D eigenvalue weighted by Gasteiger charge is -2.02. The molecular formula is C22H46O9. The van der Waals surface area contributed by atoms with E-state index in [9.17, 15) is 19.2 Å². The first kappa shape index (κ1) is 39.3. The lowest BCUT2D eigenvalue weighted by Crippen LogP contribution is -2.06. The van der Waals surface area contributed by atoms with Crippen LogP contribution in [-0.2, 0) is 28.7 Å². The molecule has 0 aliphatic rings. The molecular weight excluding hydrogens is 408 g/mol. The molecule has 9 nitrogen and oxygen atoms in total. The van der Waals surface area contributed by atoms with Crippen LogP contribution in [0, 0.1) is 0 Å². The van der Waals surface area contributed by atoms with Crippen molar-refractivity contribution in [1.82, 2.24) is 0 Å². The van der Waals surface area contributed by atoms with Gasteiger partial charge in [-0.3, -0.25) is 19.2 Å². The second-order valence-corrected chi connectivity index (χ2v) is 6.07. The van der Waals surface area contributed by atoms with Crippen molar-refractivity contribution in [2.75, 3.05) is 19.8 Å². The fourth-order valence-electron chi connectivity index (χ4n) is 1.71. The van der Waals surface area contributed by atoms with Gasteiger partial charge in [0.1, 0.15) is 0 Å². The Labute approximate surface area is 188 Å². The molecule has 0 aromatic heterocycles. The molecule has 0 aliphatic carbocycles. The minimum atomic E-state index is -0.871. The third-order valence-electron chi connectivity index (χ3n) is 3.27. The average molecular weight is 455 g/mol. The molecule has 0 saturated carbocycles. The van der Waals surface area contributed by atoms with Crippen LogP contribution in [0.3, 0.4) is 0 Å². The lowest BCUT2D eigenvalue weighted by atomic mass is 10.2. The zero-order valence-electron chi connectivity index (χ0n) is 17.8. The number of hydrogen-bond donors (Lipinski definition) is 3. The summed E-state index contributed by atoms with van der Waals surface area (Å²) in [5, 5.41) is 24.6. The summed E-state index contributed by atoms with van der Waals surface area (Å²) in [4.78, 5) is 40.4. The van der Waals surface area contributed by atoms with E-state index >= 15 is 0 Å². The largest absolute Gasteiger partial charge is 0.481 e. The Balaban J connectivity index is -0.000000115. The van der Waals surface area contributed by atoms with Crippen LogP contribution >= 0.6 is 0 Å². The summed E-state index contributed by atoms with van der Waals surface area (Å²) in [7, 11) is 0. The number of carbonyl (C=O) groups excluding carboxylic acids is 2. The first-order valence-corrected chi connectivity index (χ1v) is 10.1. The number of carboxylic acid groups (broad SMARTS) is 2. The van der Waals surface area contributed by atoms with Crippen molar-refractivity contribution in [2.45, 2.75) is 99.3 Å². The van der Waals surface area contributed by atoms with E-state index < -0.39 is 11.9 Å². The average Bonchev–Trinajstić information content (AvgIpc) is 2.67. The van der Waals surface area contributed by atoms with Crippen molar-refractivity contribution in [1.29, 1.82) is 0 Å². The van der Waals surface area contributed by atoms with E-state index in [0.29, 0.717) is 32.5 Å². The number of rotatable bonds is 16. The molecule has 31 heavy (non-hydrogen) atoms. The summed E-state index contributed by atoms with van der Waals surface area (Å²) in [6, 6.07) is 0. The molecule has 0 radical (unpaired) electrons. The molecule has 9 heteroatoms. The van der Waals surface area contributed by atoms with Gasteiger partial charge in [0.15, 0.2) is 0 Å². The first-order chi connectivity index (χ1) is 13.8. The number of carbonyl (C=O) groups is 4. The van der Waals surface area contributed by atoms with Gasteiger partial charge >= 0.3 is 17.9 Å². The summed E-state index contributed by atoms with van der Waals surface area (Å²) < 4.78 is 9.13. The molecule has 0 saturated heterocycles. The first-order valence-electron chi connectivity index (χ1n) is 10.1. The molecule has 0 bridgehead atoms. The van der Waals surface area contributed by atoms with Crippen molar-refractivity contribution >= 4 is 24.4 Å². The van der Waals surface area contributed by atoms with E-state index in [1.165, 1.54) is 6.42 Å². The minimum absolute atomic E-state index is 0. The number of esters is 1. The second-order valence-electron chi connectivity index (χ2n) is 6.07. The van der Waals surface area contributed by atoms with E-state index in [1.807, 2.05) is 0 Å². The van der Waals surface area contributed by atoms with Gasteiger partial charge in [-0.2, -0.15) is 0 Å². The standard InChI is InChI=1S/C10H18O4.C5H8O4.C5H12O.2CH4/c1-2-3-4-8-14-10(13)7-5-6-9(11)12;6-4-9-3-1-2-5(7)8;1-2-3-4-5-6;;/h2-8H2,1H3,(H,11,12);4H,1-3H2,(H,7,8);6H,2-5H2,1H3;2*1H4. The van der Waals surface area contributed by atoms with Gasteiger partial charge in [-0.1, -0.05) is 54.4 Å². The Morgan fingerprint density at radius 1 is 0.742 bits per heavy atom. The van der Waals surface area contributed by atoms with E-state index in [2.05, 4.69) is 18.6 Å². The summed E-state index contributed by atoms with van der Waals surface area (Å²) in [6.45, 7) is 5.51. The SMILES string of the molecule is C.C.CCCCCO.CCCCCOC(=O)CCCC(=O)O.O=COCCCC(=O)O. The molecule has 3 N–H and O–H groups in total. The van der Waals surface area contributed by atoms with Crippen LogP contribution in [0.25, 0.3) is 0 Å². The maximum atomic E-state index is 11.0. The molecule has 0 aliphatic heterocycles. The Hall–Kier alpha value is -2.16. The smallest absolute Gasteiger partial charge is 0.305 e. The second kappa shape index (κ2) is 35.3. The number of carboxylic acids is 2. The highest BCUT2D eigenvalue weighted by Crippen LogP contribution is 2.00. The maximum absolute atomic E-state index is 11.0. The van der Waals surface area contributed by atoms with Crippen LogP contribution in [0.2, 0.25) is 0 Å². The predicted octanol–water partition coefficient (Wildman–Crippen LogP) is 4.44. The van der Waals surface area contributed by atoms with Crippen LogP contribution in [0.5, 0.6) is 0 Å².